The van der Waals surface area contributed by atoms with Crippen LogP contribution < -0.4 is 10.1 Å². The van der Waals surface area contributed by atoms with Gasteiger partial charge in [-0.1, -0.05) is 44.9 Å². The van der Waals surface area contributed by atoms with Crippen molar-refractivity contribution >= 4 is 0 Å². The molecule has 118 valence electrons. The second-order valence-electron chi connectivity index (χ2n) is 6.95. The zero-order valence-electron chi connectivity index (χ0n) is 14.0. The molecule has 1 fully saturated rings. The van der Waals surface area contributed by atoms with Crippen molar-refractivity contribution in [2.75, 3.05) is 13.2 Å². The third-order valence-electron chi connectivity index (χ3n) is 4.59. The lowest BCUT2D eigenvalue weighted by Gasteiger charge is -2.31. The molecule has 0 bridgehead atoms. The van der Waals surface area contributed by atoms with Gasteiger partial charge < -0.3 is 10.1 Å². The van der Waals surface area contributed by atoms with Crippen LogP contribution in [-0.4, -0.2) is 13.2 Å². The topological polar surface area (TPSA) is 21.3 Å². The van der Waals surface area contributed by atoms with Gasteiger partial charge in [0.25, 0.3) is 0 Å². The summed E-state index contributed by atoms with van der Waals surface area (Å²) in [5.74, 6) is 1.82. The Morgan fingerprint density at radius 3 is 2.57 bits per heavy atom. The van der Waals surface area contributed by atoms with E-state index in [1.54, 1.807) is 0 Å². The molecule has 1 aliphatic rings. The average molecular weight is 289 g/mol. The standard InChI is InChI=1S/C19H31NO/c1-4-21-18-10-6-5-9-17(18)14-20-15-19(13-16(2)3)11-7-8-12-19/h5-6,9-10,16,20H,4,7-8,11-15H2,1-3H3. The number of hydrogen-bond donors (Lipinski definition) is 1. The van der Waals surface area contributed by atoms with Crippen molar-refractivity contribution in [1.29, 1.82) is 0 Å². The molecule has 0 atom stereocenters. The minimum Gasteiger partial charge on any atom is -0.494 e. The Kier molecular flexibility index (Phi) is 6.10. The molecule has 2 heteroatoms. The molecule has 21 heavy (non-hydrogen) atoms. The first-order valence-corrected chi connectivity index (χ1v) is 8.57. The molecule has 1 aromatic rings. The van der Waals surface area contributed by atoms with E-state index in [4.69, 9.17) is 4.74 Å². The maximum absolute atomic E-state index is 5.71. The fourth-order valence-corrected chi connectivity index (χ4v) is 3.85. The van der Waals surface area contributed by atoms with Gasteiger partial charge in [-0.25, -0.2) is 0 Å². The van der Waals surface area contributed by atoms with Crippen LogP contribution in [0.15, 0.2) is 24.3 Å². The van der Waals surface area contributed by atoms with Crippen molar-refractivity contribution < 1.29 is 4.74 Å². The number of ether oxygens (including phenoxy) is 1. The van der Waals surface area contributed by atoms with Crippen LogP contribution in [0, 0.1) is 11.3 Å². The summed E-state index contributed by atoms with van der Waals surface area (Å²) in [4.78, 5) is 0. The van der Waals surface area contributed by atoms with Crippen LogP contribution in [0.3, 0.4) is 0 Å². The maximum Gasteiger partial charge on any atom is 0.123 e. The van der Waals surface area contributed by atoms with Gasteiger partial charge in [-0.15, -0.1) is 0 Å². The van der Waals surface area contributed by atoms with Crippen LogP contribution in [0.1, 0.15) is 58.4 Å². The molecule has 0 aliphatic heterocycles. The Hall–Kier alpha value is -1.02. The van der Waals surface area contributed by atoms with E-state index in [1.165, 1.54) is 37.7 Å². The first-order chi connectivity index (χ1) is 10.2. The van der Waals surface area contributed by atoms with Crippen LogP contribution in [0.5, 0.6) is 5.75 Å². The summed E-state index contributed by atoms with van der Waals surface area (Å²) >= 11 is 0. The second-order valence-corrected chi connectivity index (χ2v) is 6.95. The fourth-order valence-electron chi connectivity index (χ4n) is 3.85. The van der Waals surface area contributed by atoms with Crippen LogP contribution >= 0.6 is 0 Å². The van der Waals surface area contributed by atoms with Crippen LogP contribution in [0.25, 0.3) is 0 Å². The quantitative estimate of drug-likeness (QED) is 0.743. The zero-order valence-corrected chi connectivity index (χ0v) is 14.0. The lowest BCUT2D eigenvalue weighted by atomic mass is 9.78. The Morgan fingerprint density at radius 1 is 1.19 bits per heavy atom. The highest BCUT2D eigenvalue weighted by molar-refractivity contribution is 5.33. The lowest BCUT2D eigenvalue weighted by Crippen LogP contribution is -2.33. The zero-order chi connectivity index (χ0) is 15.1. The lowest BCUT2D eigenvalue weighted by molar-refractivity contribution is 0.223. The minimum atomic E-state index is 0.536. The second kappa shape index (κ2) is 7.84. The van der Waals surface area contributed by atoms with Crippen molar-refractivity contribution in [3.63, 3.8) is 0 Å². The average Bonchev–Trinajstić information content (AvgIpc) is 2.89. The number of nitrogens with one attached hydrogen (secondary N) is 1. The normalized spacial score (nSPS) is 17.3. The molecular formula is C19H31NO. The van der Waals surface area contributed by atoms with Crippen molar-refractivity contribution in [2.24, 2.45) is 11.3 Å². The molecule has 0 unspecified atom stereocenters. The number of benzene rings is 1. The third kappa shape index (κ3) is 4.74. The highest BCUT2D eigenvalue weighted by Crippen LogP contribution is 2.42. The molecular weight excluding hydrogens is 258 g/mol. The van der Waals surface area contributed by atoms with Gasteiger partial charge in [0.05, 0.1) is 6.61 Å². The SMILES string of the molecule is CCOc1ccccc1CNCC1(CC(C)C)CCCC1. The monoisotopic (exact) mass is 289 g/mol. The van der Waals surface area contributed by atoms with E-state index in [-0.39, 0.29) is 0 Å². The van der Waals surface area contributed by atoms with Gasteiger partial charge in [0.2, 0.25) is 0 Å². The molecule has 2 nitrogen and oxygen atoms in total. The molecule has 1 aliphatic carbocycles. The number of para-hydroxylation sites is 1. The summed E-state index contributed by atoms with van der Waals surface area (Å²) in [7, 11) is 0. The van der Waals surface area contributed by atoms with E-state index in [0.29, 0.717) is 5.41 Å². The molecule has 1 N–H and O–H groups in total. The van der Waals surface area contributed by atoms with E-state index in [0.717, 1.165) is 31.4 Å². The fraction of sp³-hybridized carbons (Fsp3) is 0.684. The van der Waals surface area contributed by atoms with Crippen LogP contribution in [0.4, 0.5) is 0 Å². The Bertz CT molecular complexity index is 421. The van der Waals surface area contributed by atoms with Gasteiger partial charge in [-0.2, -0.15) is 0 Å². The molecule has 2 rings (SSSR count). The summed E-state index contributed by atoms with van der Waals surface area (Å²) in [6.45, 7) is 9.53. The molecule has 0 spiro atoms. The predicted molar refractivity (Wildman–Crippen MR) is 89.7 cm³/mol. The van der Waals surface area contributed by atoms with E-state index in [2.05, 4.69) is 37.4 Å². The Morgan fingerprint density at radius 2 is 1.90 bits per heavy atom. The van der Waals surface area contributed by atoms with E-state index in [1.807, 2.05) is 13.0 Å². The first kappa shape index (κ1) is 16.4. The third-order valence-corrected chi connectivity index (χ3v) is 4.59. The summed E-state index contributed by atoms with van der Waals surface area (Å²) in [5, 5.41) is 3.71. The van der Waals surface area contributed by atoms with Gasteiger partial charge in [0.15, 0.2) is 0 Å². The largest absolute Gasteiger partial charge is 0.494 e. The summed E-state index contributed by atoms with van der Waals surface area (Å²) in [6.07, 6.45) is 6.96. The Balaban J connectivity index is 1.90. The van der Waals surface area contributed by atoms with E-state index >= 15 is 0 Å². The Labute approximate surface area is 130 Å². The van der Waals surface area contributed by atoms with Gasteiger partial charge in [0.1, 0.15) is 5.75 Å². The molecule has 1 saturated carbocycles. The highest BCUT2D eigenvalue weighted by Gasteiger charge is 2.33. The van der Waals surface area contributed by atoms with E-state index in [9.17, 15) is 0 Å². The molecule has 1 aromatic carbocycles. The van der Waals surface area contributed by atoms with Gasteiger partial charge >= 0.3 is 0 Å². The molecule has 0 heterocycles. The van der Waals surface area contributed by atoms with Gasteiger partial charge in [0, 0.05) is 18.7 Å². The maximum atomic E-state index is 5.71. The van der Waals surface area contributed by atoms with Crippen molar-refractivity contribution in [2.45, 2.75) is 59.4 Å². The smallest absolute Gasteiger partial charge is 0.123 e. The van der Waals surface area contributed by atoms with E-state index < -0.39 is 0 Å². The first-order valence-electron chi connectivity index (χ1n) is 8.57. The highest BCUT2D eigenvalue weighted by atomic mass is 16.5. The summed E-state index contributed by atoms with van der Waals surface area (Å²) in [5.41, 5.74) is 1.81. The molecule has 0 amide bonds. The van der Waals surface area contributed by atoms with Crippen LogP contribution in [-0.2, 0) is 6.54 Å². The number of rotatable bonds is 8. The molecule has 0 radical (unpaired) electrons. The van der Waals surface area contributed by atoms with Crippen molar-refractivity contribution in [1.82, 2.24) is 5.32 Å². The van der Waals surface area contributed by atoms with Crippen molar-refractivity contribution in [3.8, 4) is 5.75 Å². The van der Waals surface area contributed by atoms with Crippen molar-refractivity contribution in [3.05, 3.63) is 29.8 Å². The molecule has 0 saturated heterocycles. The molecule has 0 aromatic heterocycles. The predicted octanol–water partition coefficient (Wildman–Crippen LogP) is 4.78. The summed E-state index contributed by atoms with van der Waals surface area (Å²) < 4.78 is 5.71. The minimum absolute atomic E-state index is 0.536. The number of hydrogen-bond acceptors (Lipinski definition) is 2. The van der Waals surface area contributed by atoms with Crippen LogP contribution in [0.2, 0.25) is 0 Å². The van der Waals surface area contributed by atoms with Gasteiger partial charge in [-0.3, -0.25) is 0 Å². The van der Waals surface area contributed by atoms with Gasteiger partial charge in [-0.05, 0) is 43.6 Å². The summed E-state index contributed by atoms with van der Waals surface area (Å²) in [6, 6.07) is 8.38.